The largest absolute Gasteiger partial charge is 0.331 e. The van der Waals surface area contributed by atoms with Crippen LogP contribution in [0, 0.1) is 0 Å². The van der Waals surface area contributed by atoms with Crippen molar-refractivity contribution in [2.24, 2.45) is 0 Å². The van der Waals surface area contributed by atoms with Gasteiger partial charge in [0.1, 0.15) is 5.82 Å². The Labute approximate surface area is 140 Å². The second kappa shape index (κ2) is 6.90. The summed E-state index contributed by atoms with van der Waals surface area (Å²) in [5, 5.41) is 0. The van der Waals surface area contributed by atoms with E-state index < -0.39 is 10.0 Å². The van der Waals surface area contributed by atoms with Gasteiger partial charge in [0.15, 0.2) is 0 Å². The second-order valence-corrected chi connectivity index (χ2v) is 7.01. The van der Waals surface area contributed by atoms with Crippen molar-refractivity contribution in [2.45, 2.75) is 17.9 Å². The molecular formula is C16H17N5O2S. The van der Waals surface area contributed by atoms with Gasteiger partial charge in [-0.05, 0) is 31.3 Å². The molecule has 7 nitrogen and oxygen atoms in total. The van der Waals surface area contributed by atoms with Gasteiger partial charge in [-0.25, -0.2) is 18.1 Å². The molecule has 3 aromatic rings. The first-order valence-corrected chi connectivity index (χ1v) is 8.88. The fraction of sp³-hybridized carbons (Fsp3) is 0.188. The lowest BCUT2D eigenvalue weighted by molar-refractivity contribution is 0.588. The fourth-order valence-electron chi connectivity index (χ4n) is 2.35. The predicted molar refractivity (Wildman–Crippen MR) is 89.6 cm³/mol. The number of aromatic nitrogens is 4. The first kappa shape index (κ1) is 16.3. The normalized spacial score (nSPS) is 11.5. The molecule has 24 heavy (non-hydrogen) atoms. The van der Waals surface area contributed by atoms with Gasteiger partial charge in [-0.3, -0.25) is 9.97 Å². The smallest absolute Gasteiger partial charge is 0.240 e. The van der Waals surface area contributed by atoms with Gasteiger partial charge in [0.25, 0.3) is 0 Å². The van der Waals surface area contributed by atoms with Gasteiger partial charge in [0.05, 0.1) is 10.6 Å². The zero-order valence-corrected chi connectivity index (χ0v) is 13.9. The molecule has 0 spiro atoms. The van der Waals surface area contributed by atoms with Gasteiger partial charge in [-0.15, -0.1) is 0 Å². The molecule has 0 atom stereocenters. The van der Waals surface area contributed by atoms with Gasteiger partial charge < -0.3 is 4.57 Å². The molecule has 0 fully saturated rings. The van der Waals surface area contributed by atoms with Crippen molar-refractivity contribution in [1.82, 2.24) is 24.2 Å². The van der Waals surface area contributed by atoms with Crippen molar-refractivity contribution >= 4 is 10.0 Å². The van der Waals surface area contributed by atoms with E-state index in [0.29, 0.717) is 6.54 Å². The molecule has 0 aliphatic rings. The molecule has 0 aliphatic carbocycles. The van der Waals surface area contributed by atoms with Crippen LogP contribution >= 0.6 is 0 Å². The Bertz CT molecular complexity index is 905. The minimum Gasteiger partial charge on any atom is -0.331 e. The van der Waals surface area contributed by atoms with Gasteiger partial charge >= 0.3 is 0 Å². The maximum atomic E-state index is 11.8. The van der Waals surface area contributed by atoms with Crippen molar-refractivity contribution in [3.05, 3.63) is 60.9 Å². The van der Waals surface area contributed by atoms with E-state index in [1.54, 1.807) is 49.1 Å². The van der Waals surface area contributed by atoms with E-state index in [2.05, 4.69) is 19.7 Å². The van der Waals surface area contributed by atoms with Gasteiger partial charge in [-0.1, -0.05) is 0 Å². The van der Waals surface area contributed by atoms with Crippen LogP contribution in [-0.2, 0) is 23.0 Å². The average Bonchev–Trinajstić information content (AvgIpc) is 3.09. The quantitative estimate of drug-likeness (QED) is 0.732. The fourth-order valence-corrected chi connectivity index (χ4v) is 3.08. The lowest BCUT2D eigenvalue weighted by Gasteiger charge is -2.08. The zero-order chi connectivity index (χ0) is 17.0. The summed E-state index contributed by atoms with van der Waals surface area (Å²) in [7, 11) is -2.04. The Morgan fingerprint density at radius 3 is 2.54 bits per heavy atom. The maximum absolute atomic E-state index is 11.8. The van der Waals surface area contributed by atoms with Crippen LogP contribution in [-0.4, -0.2) is 35.0 Å². The molecule has 0 aliphatic heterocycles. The Kier molecular flexibility index (Phi) is 4.68. The summed E-state index contributed by atoms with van der Waals surface area (Å²) in [6.45, 7) is 0.713. The highest BCUT2D eigenvalue weighted by Gasteiger charge is 2.12. The summed E-state index contributed by atoms with van der Waals surface area (Å²) in [6, 6.07) is 6.66. The van der Waals surface area contributed by atoms with Crippen molar-refractivity contribution in [2.75, 3.05) is 7.05 Å². The van der Waals surface area contributed by atoms with Crippen LogP contribution in [0.4, 0.5) is 0 Å². The third-order valence-corrected chi connectivity index (χ3v) is 5.06. The van der Waals surface area contributed by atoms with Gasteiger partial charge in [0.2, 0.25) is 10.0 Å². The Hall–Kier alpha value is -2.58. The average molecular weight is 343 g/mol. The summed E-state index contributed by atoms with van der Waals surface area (Å²) in [6.07, 6.45) is 9.42. The Balaban J connectivity index is 1.80. The highest BCUT2D eigenvalue weighted by Crippen LogP contribution is 2.20. The molecule has 2 heterocycles. The number of hydrogen-bond donors (Lipinski definition) is 1. The minimum atomic E-state index is -3.43. The number of benzene rings is 1. The van der Waals surface area contributed by atoms with Crippen molar-refractivity contribution in [3.8, 4) is 11.4 Å². The first-order chi connectivity index (χ1) is 11.6. The number of aryl methyl sites for hydroxylation is 2. The van der Waals surface area contributed by atoms with Crippen LogP contribution < -0.4 is 4.72 Å². The van der Waals surface area contributed by atoms with E-state index in [4.69, 9.17) is 0 Å². The van der Waals surface area contributed by atoms with E-state index in [9.17, 15) is 8.42 Å². The molecular weight excluding hydrogens is 326 g/mol. The third-order valence-electron chi connectivity index (χ3n) is 3.63. The van der Waals surface area contributed by atoms with Crippen LogP contribution in [0.2, 0.25) is 0 Å². The number of nitrogens with one attached hydrogen (secondary N) is 1. The van der Waals surface area contributed by atoms with Gasteiger partial charge in [0, 0.05) is 49.5 Å². The Morgan fingerprint density at radius 2 is 1.88 bits per heavy atom. The van der Waals surface area contributed by atoms with Crippen LogP contribution in [0.1, 0.15) is 5.69 Å². The summed E-state index contributed by atoms with van der Waals surface area (Å²) >= 11 is 0. The molecule has 0 bridgehead atoms. The summed E-state index contributed by atoms with van der Waals surface area (Å²) < 4.78 is 27.9. The third kappa shape index (κ3) is 3.50. The van der Waals surface area contributed by atoms with Crippen LogP contribution in [0.15, 0.2) is 60.1 Å². The number of rotatable bonds is 6. The van der Waals surface area contributed by atoms with E-state index in [0.717, 1.165) is 23.5 Å². The number of hydrogen-bond acceptors (Lipinski definition) is 5. The van der Waals surface area contributed by atoms with E-state index >= 15 is 0 Å². The molecule has 0 saturated carbocycles. The molecule has 8 heteroatoms. The van der Waals surface area contributed by atoms with Crippen molar-refractivity contribution in [3.63, 3.8) is 0 Å². The van der Waals surface area contributed by atoms with Crippen molar-refractivity contribution in [1.29, 1.82) is 0 Å². The van der Waals surface area contributed by atoms with E-state index in [1.165, 1.54) is 7.05 Å². The molecule has 2 aromatic heterocycles. The number of imidazole rings is 1. The molecule has 0 amide bonds. The monoisotopic (exact) mass is 343 g/mol. The molecule has 0 saturated heterocycles. The maximum Gasteiger partial charge on any atom is 0.240 e. The summed E-state index contributed by atoms with van der Waals surface area (Å²) in [4.78, 5) is 12.9. The molecule has 0 radical (unpaired) electrons. The standard InChI is InChI=1S/C16H17N5O2S/c1-17-24(22,23)15-4-2-13(3-5-15)16-20-9-11-21(16)10-6-14-12-18-7-8-19-14/h2-5,7-9,11-12,17H,6,10H2,1H3. The summed E-state index contributed by atoms with van der Waals surface area (Å²) in [5.74, 6) is 0.785. The van der Waals surface area contributed by atoms with E-state index in [-0.39, 0.29) is 4.90 Å². The predicted octanol–water partition coefficient (Wildman–Crippen LogP) is 1.49. The topological polar surface area (TPSA) is 89.8 Å². The summed E-state index contributed by atoms with van der Waals surface area (Å²) in [5.41, 5.74) is 1.77. The zero-order valence-electron chi connectivity index (χ0n) is 13.1. The number of sulfonamides is 1. The lowest BCUT2D eigenvalue weighted by atomic mass is 10.2. The van der Waals surface area contributed by atoms with Crippen LogP contribution in [0.25, 0.3) is 11.4 Å². The molecule has 124 valence electrons. The molecule has 3 rings (SSSR count). The Morgan fingerprint density at radius 1 is 1.08 bits per heavy atom. The van der Waals surface area contributed by atoms with E-state index in [1.807, 2.05) is 10.8 Å². The first-order valence-electron chi connectivity index (χ1n) is 7.40. The SMILES string of the molecule is CNS(=O)(=O)c1ccc(-c2nccn2CCc2cnccn2)cc1. The second-order valence-electron chi connectivity index (χ2n) is 5.12. The van der Waals surface area contributed by atoms with Gasteiger partial charge in [-0.2, -0.15) is 0 Å². The van der Waals surface area contributed by atoms with Crippen LogP contribution in [0.3, 0.4) is 0 Å². The highest BCUT2D eigenvalue weighted by atomic mass is 32.2. The highest BCUT2D eigenvalue weighted by molar-refractivity contribution is 7.89. The molecule has 1 N–H and O–H groups in total. The minimum absolute atomic E-state index is 0.228. The molecule has 0 unspecified atom stereocenters. The van der Waals surface area contributed by atoms with Crippen LogP contribution in [0.5, 0.6) is 0 Å². The lowest BCUT2D eigenvalue weighted by Crippen LogP contribution is -2.18. The number of nitrogens with zero attached hydrogens (tertiary/aromatic N) is 4. The van der Waals surface area contributed by atoms with Crippen molar-refractivity contribution < 1.29 is 8.42 Å². The molecule has 1 aromatic carbocycles.